The summed E-state index contributed by atoms with van der Waals surface area (Å²) in [6.45, 7) is 4.38. The number of nitrogens with one attached hydrogen (secondary N) is 2. The van der Waals surface area contributed by atoms with E-state index in [1.807, 2.05) is 13.8 Å². The molecule has 0 aliphatic rings. The van der Waals surface area contributed by atoms with Crippen molar-refractivity contribution >= 4 is 26.5 Å². The highest BCUT2D eigenvalue weighted by Gasteiger charge is 2.21. The fourth-order valence-electron chi connectivity index (χ4n) is 1.74. The highest BCUT2D eigenvalue weighted by atomic mass is 32.2. The first-order valence-electron chi connectivity index (χ1n) is 6.18. The molecule has 0 aromatic carbocycles. The molecule has 2 N–H and O–H groups in total. The number of hydrogen-bond donors (Lipinski definition) is 2. The van der Waals surface area contributed by atoms with Gasteiger partial charge >= 0.3 is 0 Å². The first-order valence-corrected chi connectivity index (χ1v) is 8.48. The van der Waals surface area contributed by atoms with Crippen molar-refractivity contribution in [3.8, 4) is 0 Å². The number of aromatic nitrogens is 1. The lowest BCUT2D eigenvalue weighted by molar-refractivity contribution is 0.408. The first kappa shape index (κ1) is 15.0. The molecule has 8 heteroatoms. The number of anilines is 1. The van der Waals surface area contributed by atoms with Crippen molar-refractivity contribution in [3.63, 3.8) is 0 Å². The minimum absolute atomic E-state index is 0.103. The van der Waals surface area contributed by atoms with Crippen molar-refractivity contribution in [2.75, 3.05) is 11.8 Å². The summed E-state index contributed by atoms with van der Waals surface area (Å²) in [5.74, 6) is 0.567. The van der Waals surface area contributed by atoms with Crippen LogP contribution in [0.2, 0.25) is 0 Å². The van der Waals surface area contributed by atoms with Gasteiger partial charge in [-0.05, 0) is 32.5 Å². The summed E-state index contributed by atoms with van der Waals surface area (Å²) in [5, 5.41) is 3.16. The molecule has 2 aromatic rings. The van der Waals surface area contributed by atoms with Gasteiger partial charge in [0.25, 0.3) is 10.0 Å². The highest BCUT2D eigenvalue weighted by molar-refractivity contribution is 7.92. The summed E-state index contributed by atoms with van der Waals surface area (Å²) in [5.41, 5.74) is 0.906. The van der Waals surface area contributed by atoms with E-state index in [0.29, 0.717) is 17.4 Å². The number of nitrogens with zero attached hydrogens (tertiary/aromatic N) is 1. The number of rotatable bonds is 6. The Bertz CT molecular complexity index is 689. The van der Waals surface area contributed by atoms with Crippen LogP contribution in [0.25, 0.3) is 0 Å². The van der Waals surface area contributed by atoms with Gasteiger partial charge in [-0.25, -0.2) is 4.98 Å². The molecule has 0 fully saturated rings. The maximum absolute atomic E-state index is 12.2. The molecule has 0 unspecified atom stereocenters. The summed E-state index contributed by atoms with van der Waals surface area (Å²) in [6, 6.07) is 3.08. The fraction of sp³-hybridized carbons (Fsp3) is 0.417. The molecule has 2 heterocycles. The molecule has 0 saturated heterocycles. The Balaban J connectivity index is 2.21. The average Bonchev–Trinajstić information content (AvgIpc) is 2.96. The van der Waals surface area contributed by atoms with E-state index >= 15 is 0 Å². The van der Waals surface area contributed by atoms with Crippen molar-refractivity contribution < 1.29 is 12.8 Å². The summed E-state index contributed by atoms with van der Waals surface area (Å²) < 4.78 is 32.1. The molecule has 0 bridgehead atoms. The van der Waals surface area contributed by atoms with Crippen LogP contribution in [0.15, 0.2) is 21.6 Å². The zero-order chi connectivity index (χ0) is 14.8. The molecule has 0 saturated carbocycles. The van der Waals surface area contributed by atoms with Crippen LogP contribution >= 0.6 is 11.3 Å². The van der Waals surface area contributed by atoms with E-state index in [1.165, 1.54) is 17.4 Å². The lowest BCUT2D eigenvalue weighted by Crippen LogP contribution is -2.12. The van der Waals surface area contributed by atoms with E-state index < -0.39 is 10.0 Å². The number of thiazole rings is 1. The molecule has 20 heavy (non-hydrogen) atoms. The zero-order valence-electron chi connectivity index (χ0n) is 11.6. The van der Waals surface area contributed by atoms with E-state index in [-0.39, 0.29) is 5.09 Å². The van der Waals surface area contributed by atoms with Crippen LogP contribution in [-0.4, -0.2) is 20.4 Å². The van der Waals surface area contributed by atoms with E-state index in [2.05, 4.69) is 15.0 Å². The highest BCUT2D eigenvalue weighted by Crippen LogP contribution is 2.25. The van der Waals surface area contributed by atoms with Gasteiger partial charge in [0.05, 0.1) is 12.2 Å². The van der Waals surface area contributed by atoms with Gasteiger partial charge in [0.1, 0.15) is 5.76 Å². The molecule has 0 atom stereocenters. The molecular formula is C12H17N3O3S2. The average molecular weight is 315 g/mol. The van der Waals surface area contributed by atoms with Gasteiger partial charge in [0.2, 0.25) is 5.09 Å². The van der Waals surface area contributed by atoms with Gasteiger partial charge in [-0.3, -0.25) is 4.72 Å². The monoisotopic (exact) mass is 315 g/mol. The van der Waals surface area contributed by atoms with Gasteiger partial charge in [-0.2, -0.15) is 8.42 Å². The molecule has 2 aromatic heterocycles. The van der Waals surface area contributed by atoms with E-state index in [4.69, 9.17) is 4.42 Å². The standard InChI is InChI=1S/C12H17N3O3S2/c1-4-10-8(2)19-12(14-10)15-20(16,17)11-6-5-9(18-11)7-13-3/h5-6,13H,4,7H2,1-3H3,(H,14,15). The number of hydrogen-bond acceptors (Lipinski definition) is 6. The second kappa shape index (κ2) is 5.94. The normalized spacial score (nSPS) is 11.8. The van der Waals surface area contributed by atoms with Gasteiger partial charge < -0.3 is 9.73 Å². The number of furan rings is 1. The molecule has 0 aliphatic heterocycles. The Labute approximate surface area is 122 Å². The van der Waals surface area contributed by atoms with Gasteiger partial charge in [-0.15, -0.1) is 11.3 Å². The first-order chi connectivity index (χ1) is 9.46. The van der Waals surface area contributed by atoms with E-state index in [0.717, 1.165) is 17.0 Å². The van der Waals surface area contributed by atoms with Crippen molar-refractivity contribution in [2.45, 2.75) is 31.9 Å². The Hall–Kier alpha value is -1.38. The number of sulfonamides is 1. The zero-order valence-corrected chi connectivity index (χ0v) is 13.2. The van der Waals surface area contributed by atoms with E-state index in [1.54, 1.807) is 13.1 Å². The summed E-state index contributed by atoms with van der Waals surface area (Å²) in [6.07, 6.45) is 0.775. The summed E-state index contributed by atoms with van der Waals surface area (Å²) in [4.78, 5) is 5.27. The molecule has 2 rings (SSSR count). The van der Waals surface area contributed by atoms with Crippen LogP contribution in [0.1, 0.15) is 23.3 Å². The SMILES string of the molecule is CCc1nc(NS(=O)(=O)c2ccc(CNC)o2)sc1C. The van der Waals surface area contributed by atoms with Crippen LogP contribution in [0.3, 0.4) is 0 Å². The predicted molar refractivity (Wildman–Crippen MR) is 78.5 cm³/mol. The molecule has 0 amide bonds. The minimum Gasteiger partial charge on any atom is -0.446 e. The van der Waals surface area contributed by atoms with Crippen molar-refractivity contribution in [2.24, 2.45) is 0 Å². The Kier molecular flexibility index (Phi) is 4.46. The quantitative estimate of drug-likeness (QED) is 0.853. The molecule has 110 valence electrons. The van der Waals surface area contributed by atoms with Crippen LogP contribution in [0.4, 0.5) is 5.13 Å². The third-order valence-corrected chi connectivity index (χ3v) is 4.97. The lowest BCUT2D eigenvalue weighted by atomic mass is 10.3. The molecule has 6 nitrogen and oxygen atoms in total. The smallest absolute Gasteiger partial charge is 0.297 e. The van der Waals surface area contributed by atoms with Crippen LogP contribution < -0.4 is 10.0 Å². The van der Waals surface area contributed by atoms with Crippen molar-refractivity contribution in [1.82, 2.24) is 10.3 Å². The molecular weight excluding hydrogens is 298 g/mol. The molecule has 0 spiro atoms. The third kappa shape index (κ3) is 3.20. The van der Waals surface area contributed by atoms with E-state index in [9.17, 15) is 8.42 Å². The number of aryl methyl sites for hydroxylation is 2. The summed E-state index contributed by atoms with van der Waals surface area (Å²) in [7, 11) is -1.96. The van der Waals surface area contributed by atoms with Gasteiger partial charge in [0, 0.05) is 4.88 Å². The van der Waals surface area contributed by atoms with Crippen molar-refractivity contribution in [1.29, 1.82) is 0 Å². The fourth-order valence-corrected chi connectivity index (χ4v) is 3.83. The maximum atomic E-state index is 12.2. The van der Waals surface area contributed by atoms with Gasteiger partial charge in [0.15, 0.2) is 5.13 Å². The molecule has 0 aliphatic carbocycles. The Morgan fingerprint density at radius 3 is 2.75 bits per heavy atom. The topological polar surface area (TPSA) is 84.2 Å². The third-order valence-electron chi connectivity index (χ3n) is 2.70. The largest absolute Gasteiger partial charge is 0.446 e. The van der Waals surface area contributed by atoms with Crippen LogP contribution in [-0.2, 0) is 23.0 Å². The lowest BCUT2D eigenvalue weighted by Gasteiger charge is -2.01. The Morgan fingerprint density at radius 2 is 2.15 bits per heavy atom. The molecule has 0 radical (unpaired) electrons. The van der Waals surface area contributed by atoms with Crippen LogP contribution in [0, 0.1) is 6.92 Å². The van der Waals surface area contributed by atoms with Crippen LogP contribution in [0.5, 0.6) is 0 Å². The minimum atomic E-state index is -3.72. The van der Waals surface area contributed by atoms with Gasteiger partial charge in [-0.1, -0.05) is 6.92 Å². The Morgan fingerprint density at radius 1 is 1.40 bits per heavy atom. The predicted octanol–water partition coefficient (Wildman–Crippen LogP) is 2.13. The maximum Gasteiger partial charge on any atom is 0.297 e. The summed E-state index contributed by atoms with van der Waals surface area (Å²) >= 11 is 1.32. The van der Waals surface area contributed by atoms with Crippen molar-refractivity contribution in [3.05, 3.63) is 28.5 Å². The second-order valence-corrected chi connectivity index (χ2v) is 7.05. The second-order valence-electron chi connectivity index (χ2n) is 4.23.